The second-order valence-electron chi connectivity index (χ2n) is 2.83. The number of methoxy groups -OCH3 is 3. The second kappa shape index (κ2) is 42.9. The first-order chi connectivity index (χ1) is 9.78. The topological polar surface area (TPSA) is 86.6 Å². The van der Waals surface area contributed by atoms with Crippen molar-refractivity contribution in [3.05, 3.63) is 0 Å². The Bertz CT molecular complexity index is 210. The highest BCUT2D eigenvalue weighted by atomic mass is 16.5. The molecule has 0 amide bonds. The normalized spacial score (nSPS) is 7.71. The zero-order valence-electron chi connectivity index (χ0n) is 15.1. The largest absolute Gasteiger partial charge is 0.469 e. The maximum atomic E-state index is 9.59. The van der Waals surface area contributed by atoms with Crippen LogP contribution >= 0.6 is 0 Å². The first kappa shape index (κ1) is 31.6. The maximum absolute atomic E-state index is 9.59. The minimum Gasteiger partial charge on any atom is -0.469 e. The lowest BCUT2D eigenvalue weighted by molar-refractivity contribution is -0.138. The highest BCUT2D eigenvalue weighted by Crippen LogP contribution is 1.60. The lowest BCUT2D eigenvalue weighted by atomic mass is 10.8. The van der Waals surface area contributed by atoms with Crippen molar-refractivity contribution in [2.75, 3.05) is 42.5 Å². The van der Waals surface area contributed by atoms with E-state index in [1.807, 2.05) is 13.8 Å². The van der Waals surface area contributed by atoms with Crippen LogP contribution in [0.4, 0.5) is 0 Å². The van der Waals surface area contributed by atoms with Crippen LogP contribution in [0.3, 0.4) is 0 Å². The fourth-order valence-corrected chi connectivity index (χ4v) is 0. The van der Waals surface area contributed by atoms with Gasteiger partial charge in [0, 0.05) is 42.2 Å². The molecular formula is C14H32N2O5. The Morgan fingerprint density at radius 3 is 0.857 bits per heavy atom. The molecule has 0 unspecified atom stereocenters. The van der Waals surface area contributed by atoms with Crippen molar-refractivity contribution in [1.29, 1.82) is 0 Å². The van der Waals surface area contributed by atoms with Gasteiger partial charge in [0.05, 0.1) is 14.2 Å². The van der Waals surface area contributed by atoms with Crippen LogP contribution in [0.15, 0.2) is 9.98 Å². The summed E-state index contributed by atoms with van der Waals surface area (Å²) in [6, 6.07) is 0. The first-order valence-corrected chi connectivity index (χ1v) is 6.02. The van der Waals surface area contributed by atoms with E-state index in [4.69, 9.17) is 0 Å². The Hall–Kier alpha value is -1.76. The Kier molecular flexibility index (Phi) is 64.5. The number of carbonyl (C=O) groups is 2. The van der Waals surface area contributed by atoms with Gasteiger partial charge in [-0.15, -0.1) is 0 Å². The van der Waals surface area contributed by atoms with Crippen LogP contribution in [-0.2, 0) is 23.8 Å². The molecule has 0 N–H and O–H groups in total. The van der Waals surface area contributed by atoms with Crippen molar-refractivity contribution in [1.82, 2.24) is 0 Å². The summed E-state index contributed by atoms with van der Waals surface area (Å²) in [5, 5.41) is 0. The van der Waals surface area contributed by atoms with Crippen molar-refractivity contribution in [2.24, 2.45) is 9.98 Å². The third kappa shape index (κ3) is 268. The molecular weight excluding hydrogens is 276 g/mol. The molecule has 7 heteroatoms. The van der Waals surface area contributed by atoms with Gasteiger partial charge in [0.15, 0.2) is 0 Å². The van der Waals surface area contributed by atoms with Gasteiger partial charge in [-0.3, -0.25) is 9.59 Å². The van der Waals surface area contributed by atoms with Gasteiger partial charge in [-0.05, 0) is 26.3 Å². The van der Waals surface area contributed by atoms with Gasteiger partial charge < -0.3 is 24.2 Å². The van der Waals surface area contributed by atoms with Gasteiger partial charge in [0.25, 0.3) is 0 Å². The number of aliphatic imine (C=N–C) groups is 2. The predicted molar refractivity (Wildman–Crippen MR) is 88.5 cm³/mol. The lowest BCUT2D eigenvalue weighted by Gasteiger charge is -1.80. The Morgan fingerprint density at radius 1 is 0.762 bits per heavy atom. The number of rotatable bonds is 0. The van der Waals surface area contributed by atoms with Crippen molar-refractivity contribution >= 4 is 24.4 Å². The summed E-state index contributed by atoms with van der Waals surface area (Å²) in [7, 11) is 9.45. The van der Waals surface area contributed by atoms with Crippen LogP contribution in [0, 0.1) is 0 Å². The molecule has 0 atom stereocenters. The van der Waals surface area contributed by atoms with E-state index in [2.05, 4.69) is 24.2 Å². The van der Waals surface area contributed by atoms with Crippen LogP contribution in [0.5, 0.6) is 0 Å². The monoisotopic (exact) mass is 308 g/mol. The SMILES string of the molecule is CC=NC.CC=NC.COC.COC(C)=O.COC(C)=O. The predicted octanol–water partition coefficient (Wildman–Crippen LogP) is 2.04. The summed E-state index contributed by atoms with van der Waals surface area (Å²) >= 11 is 0. The molecule has 0 aliphatic carbocycles. The fraction of sp³-hybridized carbons (Fsp3) is 0.714. The molecule has 0 aromatic carbocycles. The Balaban J connectivity index is -0.0000000514. The van der Waals surface area contributed by atoms with E-state index in [1.54, 1.807) is 40.7 Å². The van der Waals surface area contributed by atoms with Gasteiger partial charge in [0.2, 0.25) is 0 Å². The number of nitrogens with zero attached hydrogens (tertiary/aromatic N) is 2. The van der Waals surface area contributed by atoms with Crippen molar-refractivity contribution in [3.63, 3.8) is 0 Å². The lowest BCUT2D eigenvalue weighted by Crippen LogP contribution is -1.88. The smallest absolute Gasteiger partial charge is 0.302 e. The van der Waals surface area contributed by atoms with E-state index < -0.39 is 0 Å². The van der Waals surface area contributed by atoms with Crippen molar-refractivity contribution < 1.29 is 23.8 Å². The molecule has 0 bridgehead atoms. The van der Waals surface area contributed by atoms with Crippen LogP contribution < -0.4 is 0 Å². The zero-order chi connectivity index (χ0) is 18.1. The highest BCUT2D eigenvalue weighted by molar-refractivity contribution is 5.65. The van der Waals surface area contributed by atoms with E-state index in [0.29, 0.717) is 0 Å². The van der Waals surface area contributed by atoms with E-state index in [-0.39, 0.29) is 11.9 Å². The summed E-state index contributed by atoms with van der Waals surface area (Å²) in [6.45, 7) is 6.50. The average molecular weight is 308 g/mol. The van der Waals surface area contributed by atoms with Crippen LogP contribution in [0.1, 0.15) is 27.7 Å². The van der Waals surface area contributed by atoms with Gasteiger partial charge in [-0.1, -0.05) is 0 Å². The molecule has 0 saturated carbocycles. The molecule has 7 nitrogen and oxygen atoms in total. The average Bonchev–Trinajstić information content (AvgIpc) is 2.49. The molecule has 0 radical (unpaired) electrons. The minimum absolute atomic E-state index is 0.245. The zero-order valence-corrected chi connectivity index (χ0v) is 15.1. The van der Waals surface area contributed by atoms with E-state index in [1.165, 1.54) is 28.1 Å². The molecule has 0 aliphatic rings. The van der Waals surface area contributed by atoms with Crippen LogP contribution in [0.25, 0.3) is 0 Å². The molecule has 0 aromatic rings. The number of esters is 2. The number of carbonyl (C=O) groups excluding carboxylic acids is 2. The Labute approximate surface area is 129 Å². The quantitative estimate of drug-likeness (QED) is 0.505. The molecule has 0 saturated heterocycles. The molecule has 0 fully saturated rings. The molecule has 0 aromatic heterocycles. The fourth-order valence-electron chi connectivity index (χ4n) is 0. The second-order valence-corrected chi connectivity index (χ2v) is 2.83. The van der Waals surface area contributed by atoms with Crippen LogP contribution in [-0.4, -0.2) is 66.9 Å². The highest BCUT2D eigenvalue weighted by Gasteiger charge is 1.76. The third-order valence-corrected chi connectivity index (χ3v) is 1.09. The molecule has 0 aliphatic heterocycles. The molecule has 0 heterocycles. The molecule has 128 valence electrons. The Morgan fingerprint density at radius 2 is 0.857 bits per heavy atom. The van der Waals surface area contributed by atoms with E-state index >= 15 is 0 Å². The standard InChI is InChI=1S/2C3H7N.2C3H6O2.C2H6O/c2*1-3-4-2;2*1-3(4)5-2;1-3-2/h2*3H,1-2H3;2*1-2H3;1-2H3. The third-order valence-electron chi connectivity index (χ3n) is 1.09. The van der Waals surface area contributed by atoms with Gasteiger partial charge in [0.1, 0.15) is 0 Å². The van der Waals surface area contributed by atoms with E-state index in [0.717, 1.165) is 0 Å². The van der Waals surface area contributed by atoms with Crippen molar-refractivity contribution in [2.45, 2.75) is 27.7 Å². The summed E-state index contributed by atoms with van der Waals surface area (Å²) in [5.41, 5.74) is 0. The molecule has 0 spiro atoms. The summed E-state index contributed by atoms with van der Waals surface area (Å²) in [5.74, 6) is -0.491. The number of hydrogen-bond donors (Lipinski definition) is 0. The first-order valence-electron chi connectivity index (χ1n) is 6.02. The summed E-state index contributed by atoms with van der Waals surface area (Å²) < 4.78 is 12.5. The maximum Gasteiger partial charge on any atom is 0.302 e. The minimum atomic E-state index is -0.245. The van der Waals surface area contributed by atoms with Crippen molar-refractivity contribution in [3.8, 4) is 0 Å². The van der Waals surface area contributed by atoms with Gasteiger partial charge in [-0.25, -0.2) is 0 Å². The number of ether oxygens (including phenoxy) is 3. The summed E-state index contributed by atoms with van der Waals surface area (Å²) in [4.78, 5) is 26.4. The van der Waals surface area contributed by atoms with Gasteiger partial charge >= 0.3 is 11.9 Å². The molecule has 0 rings (SSSR count). The van der Waals surface area contributed by atoms with Gasteiger partial charge in [-0.2, -0.15) is 0 Å². The number of hydrogen-bond acceptors (Lipinski definition) is 7. The molecule has 21 heavy (non-hydrogen) atoms. The van der Waals surface area contributed by atoms with E-state index in [9.17, 15) is 9.59 Å². The summed E-state index contributed by atoms with van der Waals surface area (Å²) in [6.07, 6.45) is 3.50. The van der Waals surface area contributed by atoms with Crippen LogP contribution in [0.2, 0.25) is 0 Å².